The molecule has 32 heavy (non-hydrogen) atoms. The van der Waals surface area contributed by atoms with Crippen LogP contribution in [0.5, 0.6) is 5.75 Å². The first-order valence-corrected chi connectivity index (χ1v) is 12.2. The predicted octanol–water partition coefficient (Wildman–Crippen LogP) is 3.77. The third-order valence-corrected chi connectivity index (χ3v) is 6.75. The first-order chi connectivity index (χ1) is 15.3. The maximum atomic E-state index is 12.7. The van der Waals surface area contributed by atoms with E-state index in [0.29, 0.717) is 10.7 Å². The van der Waals surface area contributed by atoms with Crippen LogP contribution < -0.4 is 14.4 Å². The van der Waals surface area contributed by atoms with Crippen molar-refractivity contribution in [3.8, 4) is 16.3 Å². The second-order valence-electron chi connectivity index (χ2n) is 6.96. The van der Waals surface area contributed by atoms with Crippen LogP contribution in [-0.4, -0.2) is 44.4 Å². The molecule has 0 aliphatic rings. The number of nitrogens with one attached hydrogen (secondary N) is 1. The van der Waals surface area contributed by atoms with E-state index in [9.17, 15) is 13.2 Å². The molecule has 1 heterocycles. The van der Waals surface area contributed by atoms with Crippen LogP contribution in [0.15, 0.2) is 66.7 Å². The molecule has 0 atom stereocenters. The molecule has 0 aliphatic heterocycles. The van der Waals surface area contributed by atoms with Crippen LogP contribution in [0.1, 0.15) is 0 Å². The van der Waals surface area contributed by atoms with E-state index >= 15 is 0 Å². The number of carbonyl (C=O) groups is 1. The summed E-state index contributed by atoms with van der Waals surface area (Å²) in [5.41, 5.74) is 1.27. The van der Waals surface area contributed by atoms with E-state index in [1.165, 1.54) is 11.3 Å². The molecule has 0 radical (unpaired) electrons. The molecule has 1 aromatic heterocycles. The molecule has 1 N–H and O–H groups in total. The number of anilines is 2. The Morgan fingerprint density at radius 1 is 1.03 bits per heavy atom. The fourth-order valence-electron chi connectivity index (χ4n) is 3.22. The van der Waals surface area contributed by atoms with Crippen molar-refractivity contribution in [3.63, 3.8) is 0 Å². The number of benzene rings is 3. The second kappa shape index (κ2) is 8.93. The number of sulfonamides is 1. The SMILES string of the molecule is COc1ccc(-c2nnc(NC(=O)CN(c3cccc4ccccc34)S(C)(=O)=O)s2)cc1. The summed E-state index contributed by atoms with van der Waals surface area (Å²) < 4.78 is 31.3. The molecule has 0 bridgehead atoms. The summed E-state index contributed by atoms with van der Waals surface area (Å²) >= 11 is 1.20. The van der Waals surface area contributed by atoms with Crippen LogP contribution in [0.3, 0.4) is 0 Å². The van der Waals surface area contributed by atoms with Crippen LogP contribution in [0, 0.1) is 0 Å². The predicted molar refractivity (Wildman–Crippen MR) is 127 cm³/mol. The van der Waals surface area contributed by atoms with E-state index in [4.69, 9.17) is 4.74 Å². The van der Waals surface area contributed by atoms with Crippen LogP contribution in [0.25, 0.3) is 21.3 Å². The van der Waals surface area contributed by atoms with Crippen LogP contribution in [0.4, 0.5) is 10.8 Å². The average Bonchev–Trinajstić information content (AvgIpc) is 3.25. The lowest BCUT2D eigenvalue weighted by Crippen LogP contribution is -2.37. The van der Waals surface area contributed by atoms with E-state index in [1.807, 2.05) is 54.6 Å². The lowest BCUT2D eigenvalue weighted by Gasteiger charge is -2.23. The molecule has 164 valence electrons. The van der Waals surface area contributed by atoms with Gasteiger partial charge in [-0.25, -0.2) is 8.42 Å². The van der Waals surface area contributed by atoms with Gasteiger partial charge in [-0.15, -0.1) is 10.2 Å². The van der Waals surface area contributed by atoms with Crippen molar-refractivity contribution in [3.05, 3.63) is 66.7 Å². The van der Waals surface area contributed by atoms with Crippen molar-refractivity contribution >= 4 is 48.9 Å². The molecule has 4 rings (SSSR count). The van der Waals surface area contributed by atoms with Gasteiger partial charge >= 0.3 is 0 Å². The molecule has 3 aromatic carbocycles. The summed E-state index contributed by atoms with van der Waals surface area (Å²) in [6.07, 6.45) is 1.08. The molecular formula is C22H20N4O4S2. The van der Waals surface area contributed by atoms with Crippen LogP contribution in [-0.2, 0) is 14.8 Å². The first-order valence-electron chi connectivity index (χ1n) is 9.58. The van der Waals surface area contributed by atoms with Crippen molar-refractivity contribution < 1.29 is 17.9 Å². The van der Waals surface area contributed by atoms with Crippen molar-refractivity contribution in [1.82, 2.24) is 10.2 Å². The fourth-order valence-corrected chi connectivity index (χ4v) is 4.85. The number of hydrogen-bond acceptors (Lipinski definition) is 7. The largest absolute Gasteiger partial charge is 0.497 e. The topological polar surface area (TPSA) is 101 Å². The van der Waals surface area contributed by atoms with E-state index < -0.39 is 15.9 Å². The fraction of sp³-hybridized carbons (Fsp3) is 0.136. The molecular weight excluding hydrogens is 448 g/mol. The van der Waals surface area contributed by atoms with Gasteiger partial charge in [0.25, 0.3) is 0 Å². The van der Waals surface area contributed by atoms with E-state index in [1.54, 1.807) is 19.2 Å². The monoisotopic (exact) mass is 468 g/mol. The Labute approximate surface area is 189 Å². The number of ether oxygens (including phenoxy) is 1. The molecule has 0 saturated carbocycles. The normalized spacial score (nSPS) is 11.3. The Bertz CT molecular complexity index is 1360. The summed E-state index contributed by atoms with van der Waals surface area (Å²) in [5.74, 6) is 0.210. The lowest BCUT2D eigenvalue weighted by atomic mass is 10.1. The number of carbonyl (C=O) groups excluding carboxylic acids is 1. The summed E-state index contributed by atoms with van der Waals surface area (Å²) in [6.45, 7) is -0.385. The van der Waals surface area contributed by atoms with Gasteiger partial charge in [0.05, 0.1) is 19.1 Å². The number of fused-ring (bicyclic) bond motifs is 1. The Kier molecular flexibility index (Phi) is 6.06. The highest BCUT2D eigenvalue weighted by Crippen LogP contribution is 2.30. The quantitative estimate of drug-likeness (QED) is 0.443. The van der Waals surface area contributed by atoms with Crippen molar-refractivity contribution in [1.29, 1.82) is 0 Å². The molecule has 8 nitrogen and oxygen atoms in total. The van der Waals surface area contributed by atoms with Gasteiger partial charge in [-0.1, -0.05) is 47.7 Å². The van der Waals surface area contributed by atoms with Gasteiger partial charge < -0.3 is 4.74 Å². The number of rotatable bonds is 7. The first kappa shape index (κ1) is 21.7. The number of aromatic nitrogens is 2. The van der Waals surface area contributed by atoms with Gasteiger partial charge in [-0.05, 0) is 35.7 Å². The molecule has 10 heteroatoms. The molecule has 0 unspecified atom stereocenters. The van der Waals surface area contributed by atoms with E-state index in [-0.39, 0.29) is 11.7 Å². The zero-order valence-corrected chi connectivity index (χ0v) is 19.0. The molecule has 0 saturated heterocycles. The van der Waals surface area contributed by atoms with Crippen LogP contribution in [0.2, 0.25) is 0 Å². The Morgan fingerprint density at radius 3 is 2.47 bits per heavy atom. The number of hydrogen-bond donors (Lipinski definition) is 1. The summed E-state index contributed by atoms with van der Waals surface area (Å²) in [5, 5.41) is 13.3. The third-order valence-electron chi connectivity index (χ3n) is 4.73. The van der Waals surface area contributed by atoms with Crippen molar-refractivity contribution in [2.75, 3.05) is 29.5 Å². The van der Waals surface area contributed by atoms with Gasteiger partial charge in [-0.3, -0.25) is 14.4 Å². The minimum atomic E-state index is -3.71. The maximum absolute atomic E-state index is 12.7. The van der Waals surface area contributed by atoms with Gasteiger partial charge in [-0.2, -0.15) is 0 Å². The highest BCUT2D eigenvalue weighted by molar-refractivity contribution is 7.92. The van der Waals surface area contributed by atoms with E-state index in [2.05, 4.69) is 15.5 Å². The highest BCUT2D eigenvalue weighted by Gasteiger charge is 2.23. The summed E-state index contributed by atoms with van der Waals surface area (Å²) in [6, 6.07) is 20.1. The zero-order valence-electron chi connectivity index (χ0n) is 17.3. The summed E-state index contributed by atoms with van der Waals surface area (Å²) in [7, 11) is -2.12. The third kappa shape index (κ3) is 4.71. The average molecular weight is 469 g/mol. The van der Waals surface area contributed by atoms with Gasteiger partial charge in [0.2, 0.25) is 21.1 Å². The van der Waals surface area contributed by atoms with Gasteiger partial charge in [0.15, 0.2) is 0 Å². The Balaban J connectivity index is 1.54. The maximum Gasteiger partial charge on any atom is 0.246 e. The number of methoxy groups -OCH3 is 1. The molecule has 0 fully saturated rings. The standard InChI is InChI=1S/C22H20N4O4S2/c1-30-17-12-10-16(11-13-17)21-24-25-22(31-21)23-20(27)14-26(32(2,28)29)19-9-5-7-15-6-3-4-8-18(15)19/h3-13H,14H2,1-2H3,(H,23,25,27). The zero-order chi connectivity index (χ0) is 22.7. The molecule has 4 aromatic rings. The lowest BCUT2D eigenvalue weighted by molar-refractivity contribution is -0.114. The van der Waals surface area contributed by atoms with Crippen LogP contribution >= 0.6 is 11.3 Å². The molecule has 0 spiro atoms. The molecule has 0 aliphatic carbocycles. The Hall–Kier alpha value is -3.50. The smallest absolute Gasteiger partial charge is 0.246 e. The van der Waals surface area contributed by atoms with Gasteiger partial charge in [0.1, 0.15) is 17.3 Å². The molecule has 1 amide bonds. The van der Waals surface area contributed by atoms with Gasteiger partial charge in [0, 0.05) is 10.9 Å². The minimum absolute atomic E-state index is 0.284. The van der Waals surface area contributed by atoms with E-state index in [0.717, 1.165) is 32.6 Å². The number of nitrogens with zero attached hydrogens (tertiary/aromatic N) is 3. The van der Waals surface area contributed by atoms with Crippen molar-refractivity contribution in [2.24, 2.45) is 0 Å². The minimum Gasteiger partial charge on any atom is -0.497 e. The second-order valence-corrected chi connectivity index (χ2v) is 9.84. The Morgan fingerprint density at radius 2 is 1.75 bits per heavy atom. The summed E-state index contributed by atoms with van der Waals surface area (Å²) in [4.78, 5) is 12.7. The highest BCUT2D eigenvalue weighted by atomic mass is 32.2. The van der Waals surface area contributed by atoms with Crippen molar-refractivity contribution in [2.45, 2.75) is 0 Å². The number of amides is 1.